The fourth-order valence-corrected chi connectivity index (χ4v) is 5.98. The van der Waals surface area contributed by atoms with Gasteiger partial charge in [-0.1, -0.05) is 6.07 Å². The van der Waals surface area contributed by atoms with Crippen molar-refractivity contribution in [3.05, 3.63) is 29.3 Å². The summed E-state index contributed by atoms with van der Waals surface area (Å²) in [6, 6.07) is 5.82. The molecule has 1 aromatic rings. The normalized spacial score (nSPS) is 34.6. The molecule has 0 saturated heterocycles. The highest BCUT2D eigenvalue weighted by Gasteiger charge is 2.60. The Labute approximate surface area is 154 Å². The van der Waals surface area contributed by atoms with Crippen molar-refractivity contribution in [2.24, 2.45) is 17.3 Å². The molecule has 0 spiro atoms. The molecule has 140 valence electrons. The van der Waals surface area contributed by atoms with Gasteiger partial charge in [0.25, 0.3) is 5.91 Å². The lowest BCUT2D eigenvalue weighted by atomic mass is 9.48. The summed E-state index contributed by atoms with van der Waals surface area (Å²) in [6.45, 7) is 3.67. The maximum atomic E-state index is 12.8. The minimum atomic E-state index is -0.704. The van der Waals surface area contributed by atoms with Crippen molar-refractivity contribution in [1.82, 2.24) is 0 Å². The van der Waals surface area contributed by atoms with Gasteiger partial charge in [-0.15, -0.1) is 0 Å². The number of aryl methyl sites for hydroxylation is 2. The van der Waals surface area contributed by atoms with Crippen LogP contribution in [0.3, 0.4) is 0 Å². The van der Waals surface area contributed by atoms with Crippen LogP contribution >= 0.6 is 0 Å². The Bertz CT molecular complexity index is 722. The quantitative estimate of drug-likeness (QED) is 0.812. The lowest BCUT2D eigenvalue weighted by molar-refractivity contribution is -0.196. The summed E-state index contributed by atoms with van der Waals surface area (Å²) in [7, 11) is 0. The van der Waals surface area contributed by atoms with Crippen LogP contribution in [-0.2, 0) is 14.3 Å². The van der Waals surface area contributed by atoms with Gasteiger partial charge in [0.15, 0.2) is 6.61 Å². The zero-order chi connectivity index (χ0) is 18.5. The molecule has 5 nitrogen and oxygen atoms in total. The van der Waals surface area contributed by atoms with Crippen molar-refractivity contribution in [1.29, 1.82) is 0 Å². The number of hydrogen-bond donors (Lipinski definition) is 2. The van der Waals surface area contributed by atoms with Crippen LogP contribution < -0.4 is 5.32 Å². The van der Waals surface area contributed by atoms with E-state index in [2.05, 4.69) is 5.32 Å². The maximum Gasteiger partial charge on any atom is 0.312 e. The molecule has 5 heteroatoms. The van der Waals surface area contributed by atoms with E-state index in [4.69, 9.17) is 4.74 Å². The van der Waals surface area contributed by atoms with Gasteiger partial charge in [0.2, 0.25) is 0 Å². The zero-order valence-corrected chi connectivity index (χ0v) is 15.5. The second-order valence-corrected chi connectivity index (χ2v) is 8.97. The molecule has 0 aromatic heterocycles. The van der Waals surface area contributed by atoms with Crippen molar-refractivity contribution >= 4 is 17.6 Å². The molecule has 5 rings (SSSR count). The summed E-state index contributed by atoms with van der Waals surface area (Å²) in [5.74, 6) is 0.197. The molecule has 4 bridgehead atoms. The van der Waals surface area contributed by atoms with E-state index < -0.39 is 11.0 Å². The molecule has 2 N–H and O–H groups in total. The first-order valence-electron chi connectivity index (χ1n) is 9.53. The summed E-state index contributed by atoms with van der Waals surface area (Å²) < 4.78 is 5.40. The SMILES string of the molecule is Cc1cc(C)cc(NC(=O)COC(=O)C23C[C@@H]4C[C@@H](CC(O)(C4)C2)C3)c1. The third-order valence-electron chi connectivity index (χ3n) is 6.30. The van der Waals surface area contributed by atoms with Crippen molar-refractivity contribution < 1.29 is 19.4 Å². The van der Waals surface area contributed by atoms with Crippen LogP contribution in [-0.4, -0.2) is 29.2 Å². The van der Waals surface area contributed by atoms with Crippen molar-refractivity contribution in [2.75, 3.05) is 11.9 Å². The number of esters is 1. The monoisotopic (exact) mass is 357 g/mol. The minimum Gasteiger partial charge on any atom is -0.455 e. The predicted molar refractivity (Wildman–Crippen MR) is 97.6 cm³/mol. The number of amides is 1. The number of benzene rings is 1. The molecular formula is C21H27NO4. The van der Waals surface area contributed by atoms with Gasteiger partial charge < -0.3 is 15.2 Å². The van der Waals surface area contributed by atoms with Gasteiger partial charge in [-0.3, -0.25) is 9.59 Å². The number of rotatable bonds is 4. The topological polar surface area (TPSA) is 75.6 Å². The number of aliphatic hydroxyl groups is 1. The molecule has 4 fully saturated rings. The van der Waals surface area contributed by atoms with Crippen LogP contribution in [0.5, 0.6) is 0 Å². The average Bonchev–Trinajstić information content (AvgIpc) is 2.49. The van der Waals surface area contributed by atoms with E-state index >= 15 is 0 Å². The van der Waals surface area contributed by atoms with Crippen LogP contribution in [0.15, 0.2) is 18.2 Å². The number of carbonyl (C=O) groups excluding carboxylic acids is 2. The van der Waals surface area contributed by atoms with Crippen LogP contribution in [0.4, 0.5) is 5.69 Å². The Morgan fingerprint density at radius 2 is 1.73 bits per heavy atom. The van der Waals surface area contributed by atoms with Crippen LogP contribution in [0, 0.1) is 31.1 Å². The lowest BCUT2D eigenvalue weighted by Crippen LogP contribution is -2.58. The molecular weight excluding hydrogens is 330 g/mol. The molecule has 4 atom stereocenters. The second kappa shape index (κ2) is 6.08. The zero-order valence-electron chi connectivity index (χ0n) is 15.5. The molecule has 1 amide bonds. The van der Waals surface area contributed by atoms with Gasteiger partial charge in [0.05, 0.1) is 11.0 Å². The Morgan fingerprint density at radius 3 is 2.31 bits per heavy atom. The smallest absolute Gasteiger partial charge is 0.312 e. The summed E-state index contributed by atoms with van der Waals surface area (Å²) in [5, 5.41) is 13.5. The van der Waals surface area contributed by atoms with Crippen molar-refractivity contribution in [2.45, 2.75) is 58.0 Å². The molecule has 4 saturated carbocycles. The van der Waals surface area contributed by atoms with Gasteiger partial charge in [0.1, 0.15) is 0 Å². The maximum absolute atomic E-state index is 12.8. The van der Waals surface area contributed by atoms with E-state index in [0.717, 1.165) is 43.2 Å². The molecule has 0 heterocycles. The molecule has 2 unspecified atom stereocenters. The summed E-state index contributed by atoms with van der Waals surface area (Å²) in [6.07, 6.45) is 4.82. The average molecular weight is 357 g/mol. The van der Waals surface area contributed by atoms with Gasteiger partial charge in [-0.05, 0) is 87.5 Å². The van der Waals surface area contributed by atoms with E-state index in [9.17, 15) is 14.7 Å². The number of hydrogen-bond acceptors (Lipinski definition) is 4. The Hall–Kier alpha value is -1.88. The molecule has 4 aliphatic rings. The summed E-state index contributed by atoms with van der Waals surface area (Å²) in [5.41, 5.74) is 1.56. The first-order valence-corrected chi connectivity index (χ1v) is 9.53. The number of nitrogens with one attached hydrogen (secondary N) is 1. The predicted octanol–water partition coefficient (Wildman–Crippen LogP) is 3.12. The van der Waals surface area contributed by atoms with Gasteiger partial charge in [-0.25, -0.2) is 0 Å². The van der Waals surface area contributed by atoms with E-state index in [1.165, 1.54) is 0 Å². The van der Waals surface area contributed by atoms with Gasteiger partial charge in [-0.2, -0.15) is 0 Å². The van der Waals surface area contributed by atoms with Crippen LogP contribution in [0.25, 0.3) is 0 Å². The van der Waals surface area contributed by atoms with Gasteiger partial charge in [0, 0.05) is 5.69 Å². The third kappa shape index (κ3) is 3.25. The number of anilines is 1. The highest BCUT2D eigenvalue weighted by atomic mass is 16.5. The van der Waals surface area contributed by atoms with E-state index in [-0.39, 0.29) is 18.5 Å². The molecule has 4 aliphatic carbocycles. The standard InChI is InChI=1S/C21H27NO4/c1-13-3-14(2)5-17(4-13)22-18(23)11-26-19(24)20-7-15-6-16(8-20)10-21(25,9-15)12-20/h3-5,15-16,25H,6-12H2,1-2H3,(H,22,23)/t15-,16+,20?,21?. The Balaban J connectivity index is 1.37. The minimum absolute atomic E-state index is 0.276. The molecule has 0 radical (unpaired) electrons. The van der Waals surface area contributed by atoms with E-state index in [1.54, 1.807) is 0 Å². The largest absolute Gasteiger partial charge is 0.455 e. The van der Waals surface area contributed by atoms with E-state index in [0.29, 0.717) is 23.9 Å². The first kappa shape index (κ1) is 17.5. The lowest BCUT2D eigenvalue weighted by Gasteiger charge is -2.58. The second-order valence-electron chi connectivity index (χ2n) is 8.97. The van der Waals surface area contributed by atoms with Gasteiger partial charge >= 0.3 is 5.97 Å². The van der Waals surface area contributed by atoms with E-state index in [1.807, 2.05) is 32.0 Å². The fraction of sp³-hybridized carbons (Fsp3) is 0.619. The Kier molecular flexibility index (Phi) is 4.10. The third-order valence-corrected chi connectivity index (χ3v) is 6.30. The highest BCUT2D eigenvalue weighted by molar-refractivity contribution is 5.93. The number of ether oxygens (including phenoxy) is 1. The fourth-order valence-electron chi connectivity index (χ4n) is 5.98. The molecule has 1 aromatic carbocycles. The highest BCUT2D eigenvalue weighted by Crippen LogP contribution is 2.61. The first-order chi connectivity index (χ1) is 12.3. The summed E-state index contributed by atoms with van der Waals surface area (Å²) in [4.78, 5) is 25.0. The van der Waals surface area contributed by atoms with Crippen molar-refractivity contribution in [3.63, 3.8) is 0 Å². The van der Waals surface area contributed by atoms with Crippen LogP contribution in [0.2, 0.25) is 0 Å². The number of carbonyl (C=O) groups is 2. The summed E-state index contributed by atoms with van der Waals surface area (Å²) >= 11 is 0. The molecule has 26 heavy (non-hydrogen) atoms. The van der Waals surface area contributed by atoms with Crippen LogP contribution in [0.1, 0.15) is 49.7 Å². The molecule has 0 aliphatic heterocycles. The Morgan fingerprint density at radius 1 is 1.12 bits per heavy atom. The van der Waals surface area contributed by atoms with Crippen molar-refractivity contribution in [3.8, 4) is 0 Å².